The number of carbonyl (C=O) groups is 1. The summed E-state index contributed by atoms with van der Waals surface area (Å²) < 4.78 is 3.31. The topological polar surface area (TPSA) is 81.8 Å². The number of hydrogen-bond acceptors (Lipinski definition) is 4. The number of hydrogen-bond donors (Lipinski definition) is 1. The third kappa shape index (κ3) is 3.67. The van der Waals surface area contributed by atoms with E-state index >= 15 is 0 Å². The molecule has 2 aromatic carbocycles. The highest BCUT2D eigenvalue weighted by Gasteiger charge is 2.14. The Morgan fingerprint density at radius 2 is 1.76 bits per heavy atom. The quantitative estimate of drug-likeness (QED) is 0.570. The zero-order valence-electron chi connectivity index (χ0n) is 16.3. The average molecular weight is 387 g/mol. The van der Waals surface area contributed by atoms with Gasteiger partial charge >= 0.3 is 0 Å². The Morgan fingerprint density at radius 3 is 2.55 bits per heavy atom. The largest absolute Gasteiger partial charge is 0.350 e. The van der Waals surface area contributed by atoms with Crippen LogP contribution in [0.5, 0.6) is 0 Å². The van der Waals surface area contributed by atoms with Gasteiger partial charge in [0.25, 0.3) is 5.56 Å². The lowest BCUT2D eigenvalue weighted by atomic mass is 10.2. The summed E-state index contributed by atoms with van der Waals surface area (Å²) in [6.45, 7) is 4.19. The molecule has 1 N–H and O–H groups in total. The number of fused-ring (bicyclic) bond motifs is 1. The van der Waals surface area contributed by atoms with E-state index in [1.54, 1.807) is 6.07 Å². The van der Waals surface area contributed by atoms with Crippen LogP contribution in [0.2, 0.25) is 0 Å². The van der Waals surface area contributed by atoms with Gasteiger partial charge in [-0.1, -0.05) is 30.3 Å². The Morgan fingerprint density at radius 1 is 1.03 bits per heavy atom. The van der Waals surface area contributed by atoms with E-state index in [0.29, 0.717) is 17.6 Å². The Bertz CT molecular complexity index is 1240. The molecule has 0 atom stereocenters. The first-order valence-corrected chi connectivity index (χ1v) is 9.36. The van der Waals surface area contributed by atoms with Gasteiger partial charge in [-0.2, -0.15) is 5.10 Å². The molecule has 4 aromatic rings. The number of aryl methyl sites for hydroxylation is 1. The Hall–Kier alpha value is -3.74. The maximum atomic E-state index is 12.6. The molecule has 2 heterocycles. The van der Waals surface area contributed by atoms with Gasteiger partial charge in [-0.25, -0.2) is 9.67 Å². The molecule has 0 fully saturated rings. The number of rotatable bonds is 5. The maximum absolute atomic E-state index is 12.6. The monoisotopic (exact) mass is 387 g/mol. The molecule has 4 rings (SSSR count). The third-order valence-corrected chi connectivity index (χ3v) is 4.96. The summed E-state index contributed by atoms with van der Waals surface area (Å²) in [4.78, 5) is 28.9. The van der Waals surface area contributed by atoms with E-state index in [1.807, 2.05) is 67.1 Å². The van der Waals surface area contributed by atoms with E-state index in [4.69, 9.17) is 0 Å². The van der Waals surface area contributed by atoms with Crippen LogP contribution in [0.3, 0.4) is 0 Å². The van der Waals surface area contributed by atoms with Crippen LogP contribution in [0.1, 0.15) is 17.0 Å². The van der Waals surface area contributed by atoms with Crippen LogP contribution in [-0.2, 0) is 17.9 Å². The number of benzene rings is 2. The van der Waals surface area contributed by atoms with Gasteiger partial charge in [-0.15, -0.1) is 0 Å². The van der Waals surface area contributed by atoms with Gasteiger partial charge in [0.2, 0.25) is 5.91 Å². The molecule has 0 spiro atoms. The van der Waals surface area contributed by atoms with E-state index in [0.717, 1.165) is 22.6 Å². The van der Waals surface area contributed by atoms with Gasteiger partial charge in [0.05, 0.1) is 28.6 Å². The van der Waals surface area contributed by atoms with Crippen molar-refractivity contribution in [3.8, 4) is 5.69 Å². The second-order valence-corrected chi connectivity index (χ2v) is 6.84. The lowest BCUT2D eigenvalue weighted by Gasteiger charge is -2.10. The van der Waals surface area contributed by atoms with E-state index in [1.165, 1.54) is 10.8 Å². The van der Waals surface area contributed by atoms with Gasteiger partial charge in [-0.3, -0.25) is 14.2 Å². The highest BCUT2D eigenvalue weighted by atomic mass is 16.2. The average Bonchev–Trinajstić information content (AvgIpc) is 3.03. The van der Waals surface area contributed by atoms with E-state index < -0.39 is 0 Å². The van der Waals surface area contributed by atoms with Gasteiger partial charge in [0.15, 0.2) is 0 Å². The lowest BCUT2D eigenvalue weighted by Crippen LogP contribution is -2.32. The van der Waals surface area contributed by atoms with Gasteiger partial charge in [0.1, 0.15) is 6.54 Å². The SMILES string of the molecule is Cc1nn(-c2ccccc2)c(C)c1CNC(=O)Cn1c(=O)cnc2ccccc21. The van der Waals surface area contributed by atoms with E-state index in [9.17, 15) is 9.59 Å². The fourth-order valence-corrected chi connectivity index (χ4v) is 3.42. The second-order valence-electron chi connectivity index (χ2n) is 6.84. The predicted molar refractivity (Wildman–Crippen MR) is 111 cm³/mol. The minimum Gasteiger partial charge on any atom is -0.350 e. The fraction of sp³-hybridized carbons (Fsp3) is 0.182. The van der Waals surface area contributed by atoms with Crippen LogP contribution >= 0.6 is 0 Å². The molecule has 1 amide bonds. The molecule has 0 radical (unpaired) electrons. The minimum absolute atomic E-state index is 0.0627. The number of amides is 1. The van der Waals surface area contributed by atoms with E-state index in [2.05, 4.69) is 15.4 Å². The fourth-order valence-electron chi connectivity index (χ4n) is 3.42. The number of nitrogens with one attached hydrogen (secondary N) is 1. The summed E-state index contributed by atoms with van der Waals surface area (Å²) in [5.41, 5.74) is 4.78. The summed E-state index contributed by atoms with van der Waals surface area (Å²) in [7, 11) is 0. The predicted octanol–water partition coefficient (Wildman–Crippen LogP) is 2.52. The number of para-hydroxylation sites is 3. The zero-order chi connectivity index (χ0) is 20.4. The summed E-state index contributed by atoms with van der Waals surface area (Å²) in [6, 6.07) is 17.1. The van der Waals surface area contributed by atoms with Gasteiger partial charge < -0.3 is 5.32 Å². The van der Waals surface area contributed by atoms with Crippen molar-refractivity contribution in [2.24, 2.45) is 0 Å². The normalized spacial score (nSPS) is 11.0. The minimum atomic E-state index is -0.303. The zero-order valence-corrected chi connectivity index (χ0v) is 16.3. The molecule has 2 aromatic heterocycles. The van der Waals surface area contributed by atoms with Crippen LogP contribution in [0.25, 0.3) is 16.7 Å². The van der Waals surface area contributed by atoms with Crippen molar-refractivity contribution in [3.63, 3.8) is 0 Å². The van der Waals surface area contributed by atoms with E-state index in [-0.39, 0.29) is 18.0 Å². The Kier molecular flexibility index (Phi) is 4.95. The maximum Gasteiger partial charge on any atom is 0.269 e. The van der Waals surface area contributed by atoms with Crippen molar-refractivity contribution in [1.82, 2.24) is 24.6 Å². The van der Waals surface area contributed by atoms with Crippen LogP contribution in [-0.4, -0.2) is 25.2 Å². The van der Waals surface area contributed by atoms with Crippen molar-refractivity contribution >= 4 is 16.9 Å². The second kappa shape index (κ2) is 7.71. The first-order chi connectivity index (χ1) is 14.0. The van der Waals surface area contributed by atoms with Gasteiger partial charge in [-0.05, 0) is 38.1 Å². The number of carbonyl (C=O) groups excluding carboxylic acids is 1. The van der Waals surface area contributed by atoms with Crippen molar-refractivity contribution in [2.75, 3.05) is 0 Å². The molecule has 0 unspecified atom stereocenters. The molecule has 0 aliphatic heterocycles. The summed E-state index contributed by atoms with van der Waals surface area (Å²) in [6.07, 6.45) is 1.24. The molecule has 29 heavy (non-hydrogen) atoms. The van der Waals surface area contributed by atoms with Crippen molar-refractivity contribution < 1.29 is 4.79 Å². The highest BCUT2D eigenvalue weighted by molar-refractivity contribution is 5.80. The molecule has 0 aliphatic carbocycles. The van der Waals surface area contributed by atoms with Crippen molar-refractivity contribution in [3.05, 3.63) is 88.1 Å². The Labute approximate surface area is 167 Å². The first kappa shape index (κ1) is 18.6. The molecule has 0 saturated carbocycles. The highest BCUT2D eigenvalue weighted by Crippen LogP contribution is 2.17. The molecule has 0 saturated heterocycles. The smallest absolute Gasteiger partial charge is 0.269 e. The van der Waals surface area contributed by atoms with Crippen molar-refractivity contribution in [2.45, 2.75) is 26.9 Å². The lowest BCUT2D eigenvalue weighted by molar-refractivity contribution is -0.121. The molecular formula is C22H21N5O2. The molecular weight excluding hydrogens is 366 g/mol. The summed E-state index contributed by atoms with van der Waals surface area (Å²) in [5, 5.41) is 7.51. The van der Waals surface area contributed by atoms with Crippen LogP contribution in [0, 0.1) is 13.8 Å². The van der Waals surface area contributed by atoms with Gasteiger partial charge in [0, 0.05) is 17.8 Å². The van der Waals surface area contributed by atoms with Crippen LogP contribution in [0.4, 0.5) is 0 Å². The molecule has 0 aliphatic rings. The standard InChI is InChI=1S/C22H21N5O2/c1-15-18(16(2)27(25-15)17-8-4-3-5-9-17)12-24-21(28)14-26-20-11-7-6-10-19(20)23-13-22(26)29/h3-11,13H,12,14H2,1-2H3,(H,24,28). The summed E-state index contributed by atoms with van der Waals surface area (Å²) >= 11 is 0. The first-order valence-electron chi connectivity index (χ1n) is 9.36. The molecule has 146 valence electrons. The number of aromatic nitrogens is 4. The molecule has 7 nitrogen and oxygen atoms in total. The summed E-state index contributed by atoms with van der Waals surface area (Å²) in [5.74, 6) is -0.241. The Balaban J connectivity index is 1.52. The van der Waals surface area contributed by atoms with Crippen LogP contribution in [0.15, 0.2) is 65.6 Å². The van der Waals surface area contributed by atoms with Crippen molar-refractivity contribution in [1.29, 1.82) is 0 Å². The third-order valence-electron chi connectivity index (χ3n) is 4.96. The number of nitrogens with zero attached hydrogens (tertiary/aromatic N) is 4. The van der Waals surface area contributed by atoms with Crippen LogP contribution < -0.4 is 10.9 Å². The molecule has 7 heteroatoms. The molecule has 0 bridgehead atoms.